The van der Waals surface area contributed by atoms with Gasteiger partial charge in [-0.3, -0.25) is 4.90 Å². The van der Waals surface area contributed by atoms with E-state index < -0.39 is 0 Å². The minimum Gasteiger partial charge on any atom is -0.423 e. The lowest BCUT2D eigenvalue weighted by Gasteiger charge is -2.23. The maximum atomic E-state index is 12.1. The van der Waals surface area contributed by atoms with Crippen LogP contribution in [0.2, 0.25) is 5.02 Å². The summed E-state index contributed by atoms with van der Waals surface area (Å²) in [7, 11) is 0. The van der Waals surface area contributed by atoms with E-state index in [9.17, 15) is 4.79 Å². The second-order valence-corrected chi connectivity index (χ2v) is 8.81. The zero-order valence-corrected chi connectivity index (χ0v) is 17.0. The van der Waals surface area contributed by atoms with Crippen molar-refractivity contribution in [3.05, 3.63) is 74.0 Å². The summed E-state index contributed by atoms with van der Waals surface area (Å²) in [4.78, 5) is 19.4. The van der Waals surface area contributed by atoms with Crippen molar-refractivity contribution < 1.29 is 4.42 Å². The van der Waals surface area contributed by atoms with Gasteiger partial charge in [-0.1, -0.05) is 23.7 Å². The van der Waals surface area contributed by atoms with Gasteiger partial charge in [0, 0.05) is 23.0 Å². The summed E-state index contributed by atoms with van der Waals surface area (Å²) in [6.45, 7) is 3.59. The van der Waals surface area contributed by atoms with Gasteiger partial charge in [0.15, 0.2) is 0 Å². The van der Waals surface area contributed by atoms with E-state index in [0.29, 0.717) is 17.2 Å². The normalized spacial score (nSPS) is 17.7. The first-order valence-electron chi connectivity index (χ1n) is 9.41. The van der Waals surface area contributed by atoms with Gasteiger partial charge < -0.3 is 4.42 Å². The van der Waals surface area contributed by atoms with Crippen molar-refractivity contribution in [3.63, 3.8) is 0 Å². The molecule has 6 heteroatoms. The molecule has 0 N–H and O–H groups in total. The average Bonchev–Trinajstić information content (AvgIpc) is 3.29. The zero-order chi connectivity index (χ0) is 19.3. The molecule has 4 nitrogen and oxygen atoms in total. The lowest BCUT2D eigenvalue weighted by molar-refractivity contribution is 0.248. The predicted octanol–water partition coefficient (Wildman–Crippen LogP) is 5.70. The second-order valence-electron chi connectivity index (χ2n) is 7.34. The van der Waals surface area contributed by atoms with Gasteiger partial charge in [-0.15, -0.1) is 11.3 Å². The van der Waals surface area contributed by atoms with Crippen LogP contribution in [-0.4, -0.2) is 16.4 Å². The summed E-state index contributed by atoms with van der Waals surface area (Å²) < 4.78 is 6.63. The molecule has 1 fully saturated rings. The van der Waals surface area contributed by atoms with E-state index >= 15 is 0 Å². The summed E-state index contributed by atoms with van der Waals surface area (Å²) in [6, 6.07) is 13.9. The molecule has 0 unspecified atom stereocenters. The number of aryl methyl sites for hydroxylation is 1. The first-order valence-corrected chi connectivity index (χ1v) is 10.6. The number of nitrogens with zero attached hydrogens (tertiary/aromatic N) is 2. The molecule has 0 saturated carbocycles. The van der Waals surface area contributed by atoms with Crippen LogP contribution in [0, 0.1) is 6.92 Å². The molecule has 3 heterocycles. The van der Waals surface area contributed by atoms with Crippen molar-refractivity contribution in [3.8, 4) is 0 Å². The van der Waals surface area contributed by atoms with E-state index in [0.717, 1.165) is 46.4 Å². The molecule has 2 aromatic heterocycles. The van der Waals surface area contributed by atoms with Gasteiger partial charge in [-0.25, -0.2) is 9.78 Å². The monoisotopic (exact) mass is 410 g/mol. The van der Waals surface area contributed by atoms with Crippen LogP contribution in [0.1, 0.15) is 35.0 Å². The van der Waals surface area contributed by atoms with Crippen LogP contribution in [-0.2, 0) is 6.54 Å². The number of fused-ring (bicyclic) bond motifs is 2. The number of aromatic nitrogens is 1. The molecule has 142 valence electrons. The van der Waals surface area contributed by atoms with Crippen LogP contribution in [0.15, 0.2) is 51.7 Å². The maximum Gasteiger partial charge on any atom is 0.336 e. The molecule has 1 saturated heterocycles. The fourth-order valence-electron chi connectivity index (χ4n) is 4.03. The van der Waals surface area contributed by atoms with Crippen LogP contribution >= 0.6 is 22.9 Å². The Morgan fingerprint density at radius 1 is 1.29 bits per heavy atom. The van der Waals surface area contributed by atoms with E-state index in [1.807, 2.05) is 25.1 Å². The Bertz CT molecular complexity index is 1210. The molecular formula is C22H19ClN2O2S. The molecule has 0 spiro atoms. The third-order valence-corrected chi connectivity index (χ3v) is 6.99. The van der Waals surface area contributed by atoms with E-state index in [2.05, 4.69) is 23.1 Å². The highest BCUT2D eigenvalue weighted by atomic mass is 35.5. The molecule has 1 aliphatic heterocycles. The smallest absolute Gasteiger partial charge is 0.336 e. The Morgan fingerprint density at radius 3 is 3.00 bits per heavy atom. The van der Waals surface area contributed by atoms with E-state index in [1.54, 1.807) is 17.4 Å². The number of likely N-dealkylation sites (tertiary alicyclic amines) is 1. The molecule has 5 rings (SSSR count). The van der Waals surface area contributed by atoms with Crippen LogP contribution < -0.4 is 5.63 Å². The fraction of sp³-hybridized carbons (Fsp3) is 0.273. The first-order chi connectivity index (χ1) is 13.6. The highest BCUT2D eigenvalue weighted by molar-refractivity contribution is 7.18. The molecule has 1 aliphatic rings. The lowest BCUT2D eigenvalue weighted by Crippen LogP contribution is -2.23. The quantitative estimate of drug-likeness (QED) is 0.406. The molecule has 0 bridgehead atoms. The molecule has 4 aromatic rings. The van der Waals surface area contributed by atoms with Crippen molar-refractivity contribution in [2.75, 3.05) is 6.54 Å². The van der Waals surface area contributed by atoms with Crippen molar-refractivity contribution in [2.24, 2.45) is 0 Å². The highest BCUT2D eigenvalue weighted by Crippen LogP contribution is 2.38. The minimum atomic E-state index is -0.319. The number of hydrogen-bond donors (Lipinski definition) is 0. The summed E-state index contributed by atoms with van der Waals surface area (Å²) in [6.07, 6.45) is 2.21. The predicted molar refractivity (Wildman–Crippen MR) is 114 cm³/mol. The molecule has 0 amide bonds. The number of para-hydroxylation sites is 1. The van der Waals surface area contributed by atoms with E-state index in [-0.39, 0.29) is 11.7 Å². The second kappa shape index (κ2) is 6.99. The minimum absolute atomic E-state index is 0.278. The van der Waals surface area contributed by atoms with Crippen LogP contribution in [0.3, 0.4) is 0 Å². The SMILES string of the molecule is Cc1cc2oc(=O)cc(CN3CCC[C@H]3c3nc4ccccc4s3)c2cc1Cl. The van der Waals surface area contributed by atoms with Gasteiger partial charge in [0.05, 0.1) is 16.3 Å². The third-order valence-electron chi connectivity index (χ3n) is 5.44. The van der Waals surface area contributed by atoms with Gasteiger partial charge in [-0.2, -0.15) is 0 Å². The lowest BCUT2D eigenvalue weighted by atomic mass is 10.1. The van der Waals surface area contributed by atoms with Crippen LogP contribution in [0.25, 0.3) is 21.2 Å². The van der Waals surface area contributed by atoms with Crippen molar-refractivity contribution in [1.29, 1.82) is 0 Å². The zero-order valence-electron chi connectivity index (χ0n) is 15.4. The number of thiazole rings is 1. The topological polar surface area (TPSA) is 46.3 Å². The Labute approximate surface area is 171 Å². The summed E-state index contributed by atoms with van der Waals surface area (Å²) >= 11 is 8.11. The fourth-order valence-corrected chi connectivity index (χ4v) is 5.33. The summed E-state index contributed by atoms with van der Waals surface area (Å²) in [5.74, 6) is 0. The first kappa shape index (κ1) is 17.9. The Balaban J connectivity index is 1.53. The molecule has 0 radical (unpaired) electrons. The van der Waals surface area contributed by atoms with Crippen LogP contribution in [0.4, 0.5) is 0 Å². The third kappa shape index (κ3) is 3.13. The van der Waals surface area contributed by atoms with Gasteiger partial charge >= 0.3 is 5.63 Å². The Morgan fingerprint density at radius 2 is 2.14 bits per heavy atom. The summed E-state index contributed by atoms with van der Waals surface area (Å²) in [5, 5.41) is 2.75. The Kier molecular flexibility index (Phi) is 4.46. The number of rotatable bonds is 3. The van der Waals surface area contributed by atoms with Gasteiger partial charge in [0.1, 0.15) is 10.6 Å². The average molecular weight is 411 g/mol. The van der Waals surface area contributed by atoms with E-state index in [4.69, 9.17) is 21.0 Å². The number of hydrogen-bond acceptors (Lipinski definition) is 5. The van der Waals surface area contributed by atoms with Gasteiger partial charge in [-0.05, 0) is 61.7 Å². The standard InChI is InChI=1S/C22H19ClN2O2S/c1-13-9-19-15(11-16(13)23)14(10-21(26)27-19)12-25-8-4-6-18(25)22-24-17-5-2-3-7-20(17)28-22/h2-3,5,7,9-11,18H,4,6,8,12H2,1H3/t18-/m0/s1. The number of benzene rings is 2. The van der Waals surface area contributed by atoms with Crippen molar-refractivity contribution in [1.82, 2.24) is 9.88 Å². The van der Waals surface area contributed by atoms with Crippen molar-refractivity contribution in [2.45, 2.75) is 32.4 Å². The largest absolute Gasteiger partial charge is 0.423 e. The maximum absolute atomic E-state index is 12.1. The molecule has 2 aromatic carbocycles. The van der Waals surface area contributed by atoms with Gasteiger partial charge in [0.25, 0.3) is 0 Å². The molecular weight excluding hydrogens is 392 g/mol. The van der Waals surface area contributed by atoms with Gasteiger partial charge in [0.2, 0.25) is 0 Å². The van der Waals surface area contributed by atoms with Crippen LogP contribution in [0.5, 0.6) is 0 Å². The highest BCUT2D eigenvalue weighted by Gasteiger charge is 2.29. The molecule has 28 heavy (non-hydrogen) atoms. The molecule has 1 atom stereocenters. The summed E-state index contributed by atoms with van der Waals surface area (Å²) in [5.41, 5.74) is 3.20. The Hall–Kier alpha value is -2.21. The van der Waals surface area contributed by atoms with Crippen molar-refractivity contribution >= 4 is 44.1 Å². The van der Waals surface area contributed by atoms with E-state index in [1.165, 1.54) is 4.70 Å². The number of halogens is 1. The molecule has 0 aliphatic carbocycles.